The zero-order valence-corrected chi connectivity index (χ0v) is 41.9. The van der Waals surface area contributed by atoms with E-state index in [1.54, 1.807) is 20.8 Å². The second-order valence-corrected chi connectivity index (χ2v) is 20.1. The molecular weight excluding hydrogens is 923 g/mol. The maximum absolute atomic E-state index is 14.5. The van der Waals surface area contributed by atoms with Gasteiger partial charge in [-0.15, -0.1) is 0 Å². The number of methoxy groups -OCH3 is 3. The van der Waals surface area contributed by atoms with Crippen LogP contribution in [0.2, 0.25) is 0 Å². The van der Waals surface area contributed by atoms with E-state index in [0.717, 1.165) is 16.5 Å². The van der Waals surface area contributed by atoms with Crippen LogP contribution in [0.4, 0.5) is 17.6 Å². The molecule has 1 amide bonds. The van der Waals surface area contributed by atoms with Crippen LogP contribution < -0.4 is 0 Å². The van der Waals surface area contributed by atoms with Gasteiger partial charge in [0.15, 0.2) is 5.78 Å². The highest BCUT2D eigenvalue weighted by molar-refractivity contribution is 6.39. The zero-order chi connectivity index (χ0) is 51.8. The molecule has 2 bridgehead atoms. The highest BCUT2D eigenvalue weighted by Crippen LogP contribution is 2.40. The Morgan fingerprint density at radius 2 is 1.59 bits per heavy atom. The van der Waals surface area contributed by atoms with Crippen molar-refractivity contribution < 1.29 is 80.2 Å². The molecule has 70 heavy (non-hydrogen) atoms. The lowest BCUT2D eigenvalue weighted by Gasteiger charge is -2.47. The molecule has 18 heteroatoms. The Bertz CT molecular complexity index is 2080. The third-order valence-electron chi connectivity index (χ3n) is 14.8. The van der Waals surface area contributed by atoms with Gasteiger partial charge < -0.3 is 43.5 Å². The van der Waals surface area contributed by atoms with Crippen molar-refractivity contribution in [3.8, 4) is 0 Å². The summed E-state index contributed by atoms with van der Waals surface area (Å²) in [5.74, 6) is -10.5. The van der Waals surface area contributed by atoms with Gasteiger partial charge in [0.2, 0.25) is 5.79 Å². The Hall–Kier alpha value is -3.91. The number of ketones is 3. The lowest BCUT2D eigenvalue weighted by atomic mass is 9.81. The molecule has 0 radical (unpaired) electrons. The fourth-order valence-electron chi connectivity index (χ4n) is 10.7. The van der Waals surface area contributed by atoms with Crippen LogP contribution in [0.25, 0.3) is 0 Å². The van der Waals surface area contributed by atoms with Gasteiger partial charge in [-0.25, -0.2) is 9.18 Å². The summed E-state index contributed by atoms with van der Waals surface area (Å²) in [5.41, 5.74) is -0.313. The Morgan fingerprint density at radius 3 is 2.23 bits per heavy atom. The number of ether oxygens (including phenoxy) is 6. The van der Waals surface area contributed by atoms with E-state index in [0.29, 0.717) is 69.1 Å². The number of cyclic esters (lactones) is 1. The number of alkyl halides is 3. The molecule has 392 valence electrons. The number of halogens is 4. The largest absolute Gasteiger partial charge is 0.456 e. The van der Waals surface area contributed by atoms with Crippen LogP contribution in [0.5, 0.6) is 0 Å². The van der Waals surface area contributed by atoms with E-state index >= 15 is 0 Å². The van der Waals surface area contributed by atoms with E-state index in [2.05, 4.69) is 0 Å². The number of fused-ring (bicyclic) bond motifs is 3. The molecule has 3 heterocycles. The lowest BCUT2D eigenvalue weighted by Crippen LogP contribution is -2.64. The summed E-state index contributed by atoms with van der Waals surface area (Å²) in [5, 5.41) is 23.9. The summed E-state index contributed by atoms with van der Waals surface area (Å²) in [6, 6.07) is 0.374. The number of hydrogen-bond donors (Lipinski definition) is 2. The Kier molecular flexibility index (Phi) is 20.1. The molecule has 3 fully saturated rings. The Labute approximate surface area is 408 Å². The number of rotatable bonds is 10. The SMILES string of the molecule is CCC1/C=C(\C)CC(C)CC(OC)C2OC(O)(C(=O)C(=O)N3CCCCC3C(=O)OC(C(C)=CC3CCC(OCC(=O)c4cc(F)cc(C(F)(F)F)c4)C(OC)C3)C(C)C(O)CC1=O)C(C)CC2OC. The van der Waals surface area contributed by atoms with E-state index in [4.69, 9.17) is 28.4 Å². The van der Waals surface area contributed by atoms with Crippen molar-refractivity contribution in [2.45, 2.75) is 173 Å². The van der Waals surface area contributed by atoms with Crippen molar-refractivity contribution in [3.63, 3.8) is 0 Å². The molecule has 4 aliphatic rings. The molecule has 14 unspecified atom stereocenters. The number of nitrogens with zero attached hydrogens (tertiary/aromatic N) is 1. The molecule has 0 spiro atoms. The van der Waals surface area contributed by atoms with E-state index < -0.39 is 125 Å². The second-order valence-electron chi connectivity index (χ2n) is 20.1. The molecule has 14 nitrogen and oxygen atoms in total. The predicted octanol–water partition coefficient (Wildman–Crippen LogP) is 7.54. The number of carbonyl (C=O) groups excluding carboxylic acids is 5. The first-order chi connectivity index (χ1) is 32.9. The van der Waals surface area contributed by atoms with Gasteiger partial charge in [0.05, 0.1) is 36.1 Å². The number of aliphatic hydroxyl groups excluding tert-OH is 1. The van der Waals surface area contributed by atoms with Crippen molar-refractivity contribution in [1.82, 2.24) is 4.90 Å². The average molecular weight is 996 g/mol. The van der Waals surface area contributed by atoms with Crippen LogP contribution >= 0.6 is 0 Å². The Morgan fingerprint density at radius 1 is 0.914 bits per heavy atom. The first kappa shape index (κ1) is 57.0. The maximum atomic E-state index is 14.5. The molecule has 1 aliphatic carbocycles. The number of piperidine rings is 1. The predicted molar refractivity (Wildman–Crippen MR) is 248 cm³/mol. The van der Waals surface area contributed by atoms with Crippen molar-refractivity contribution in [2.24, 2.45) is 29.6 Å². The van der Waals surface area contributed by atoms with Crippen molar-refractivity contribution >= 4 is 29.2 Å². The third-order valence-corrected chi connectivity index (χ3v) is 14.8. The minimum atomic E-state index is -4.86. The minimum Gasteiger partial charge on any atom is -0.456 e. The first-order valence-electron chi connectivity index (χ1n) is 24.6. The highest BCUT2D eigenvalue weighted by atomic mass is 19.4. The summed E-state index contributed by atoms with van der Waals surface area (Å²) in [6.45, 7) is 10.2. The molecule has 2 saturated heterocycles. The van der Waals surface area contributed by atoms with Gasteiger partial charge in [0.25, 0.3) is 11.7 Å². The standard InChI is InChI=1S/C52H73F4NO13/c1-10-34-18-28(2)17-29(3)19-44(66-8)47-45(67-9)21-31(5)51(64,70-47)48(61)49(62)57-16-12-11-13-38(57)50(63)69-46(32(6)39(58)26-40(34)59)30(4)20-33-14-15-42(43(22-33)65-7)68-27-41(60)35-23-36(52(54,55)56)25-37(53)24-35/h18,20,23-25,29,31-34,38-39,42-47,58,64H,10-17,19,21-22,26-27H2,1-9H3/b28-18+,30-20?. The van der Waals surface area contributed by atoms with Crippen molar-refractivity contribution in [3.05, 3.63) is 58.4 Å². The molecule has 1 aromatic rings. The smallest absolute Gasteiger partial charge is 0.416 e. The highest BCUT2D eigenvalue weighted by Gasteiger charge is 2.56. The lowest BCUT2D eigenvalue weighted by molar-refractivity contribution is -0.302. The van der Waals surface area contributed by atoms with Gasteiger partial charge in [-0.3, -0.25) is 19.2 Å². The fraction of sp³-hybridized carbons (Fsp3) is 0.712. The second kappa shape index (κ2) is 24.7. The number of hydrogen-bond acceptors (Lipinski definition) is 13. The summed E-state index contributed by atoms with van der Waals surface area (Å²) >= 11 is 0. The fourth-order valence-corrected chi connectivity index (χ4v) is 10.7. The number of esters is 1. The molecule has 3 aliphatic heterocycles. The summed E-state index contributed by atoms with van der Waals surface area (Å²) in [4.78, 5) is 71.2. The van der Waals surface area contributed by atoms with Gasteiger partial charge in [-0.05, 0) is 114 Å². The molecule has 14 atom stereocenters. The summed E-state index contributed by atoms with van der Waals surface area (Å²) in [7, 11) is 4.45. The van der Waals surface area contributed by atoms with Crippen LogP contribution in [0, 0.1) is 35.4 Å². The third kappa shape index (κ3) is 13.8. The van der Waals surface area contributed by atoms with Crippen molar-refractivity contribution in [1.29, 1.82) is 0 Å². The number of aliphatic hydroxyl groups is 2. The van der Waals surface area contributed by atoms with Crippen LogP contribution in [-0.2, 0) is 53.8 Å². The van der Waals surface area contributed by atoms with Crippen LogP contribution in [0.1, 0.15) is 128 Å². The first-order valence-corrected chi connectivity index (χ1v) is 24.6. The molecule has 1 saturated carbocycles. The van der Waals surface area contributed by atoms with E-state index in [9.17, 15) is 51.7 Å². The molecule has 2 N–H and O–H groups in total. The van der Waals surface area contributed by atoms with Gasteiger partial charge in [0, 0.05) is 57.6 Å². The quantitative estimate of drug-likeness (QED) is 0.0772. The van der Waals surface area contributed by atoms with E-state index in [-0.39, 0.29) is 43.4 Å². The average Bonchev–Trinajstić information content (AvgIpc) is 3.32. The van der Waals surface area contributed by atoms with Crippen LogP contribution in [0.3, 0.4) is 0 Å². The van der Waals surface area contributed by atoms with Gasteiger partial charge >= 0.3 is 12.1 Å². The summed E-state index contributed by atoms with van der Waals surface area (Å²) < 4.78 is 89.9. The van der Waals surface area contributed by atoms with Crippen molar-refractivity contribution in [2.75, 3.05) is 34.5 Å². The molecule has 0 aromatic heterocycles. The normalized spacial score (nSPS) is 35.8. The Balaban J connectivity index is 1.44. The van der Waals surface area contributed by atoms with E-state index in [1.165, 1.54) is 21.3 Å². The number of carbonyl (C=O) groups is 5. The maximum Gasteiger partial charge on any atom is 0.416 e. The van der Waals surface area contributed by atoms with E-state index in [1.807, 2.05) is 32.9 Å². The number of allylic oxidation sites excluding steroid dienone is 3. The zero-order valence-electron chi connectivity index (χ0n) is 41.9. The van der Waals surface area contributed by atoms with Gasteiger partial charge in [-0.2, -0.15) is 13.2 Å². The van der Waals surface area contributed by atoms with Crippen LogP contribution in [-0.4, -0.2) is 133 Å². The minimum absolute atomic E-state index is 0.0141. The summed E-state index contributed by atoms with van der Waals surface area (Å²) in [6.07, 6.45) is -3.25. The van der Waals surface area contributed by atoms with Gasteiger partial charge in [0.1, 0.15) is 36.5 Å². The van der Waals surface area contributed by atoms with Crippen LogP contribution in [0.15, 0.2) is 41.5 Å². The number of benzene rings is 1. The molecule has 1 aromatic carbocycles. The molecular formula is C52H73F4NO13. The number of amides is 1. The monoisotopic (exact) mass is 996 g/mol. The van der Waals surface area contributed by atoms with Gasteiger partial charge in [-0.1, -0.05) is 45.4 Å². The molecule has 5 rings (SSSR count). The topological polar surface area (TPSA) is 184 Å². The number of Topliss-reactive ketones (excluding diaryl/α,β-unsaturated/α-hetero) is 3.